The van der Waals surface area contributed by atoms with Gasteiger partial charge < -0.3 is 29.0 Å². The van der Waals surface area contributed by atoms with Crippen molar-refractivity contribution < 1.29 is 33.3 Å². The minimum Gasteiger partial charge on any atom is -0.496 e. The maximum Gasteiger partial charge on any atom is 0.344 e. The van der Waals surface area contributed by atoms with Crippen molar-refractivity contribution >= 4 is 11.9 Å². The van der Waals surface area contributed by atoms with Crippen molar-refractivity contribution in [2.45, 2.75) is 20.4 Å². The van der Waals surface area contributed by atoms with Crippen LogP contribution in [0.1, 0.15) is 16.7 Å². The van der Waals surface area contributed by atoms with Crippen molar-refractivity contribution in [3.05, 3.63) is 47.0 Å². The van der Waals surface area contributed by atoms with Gasteiger partial charge in [0.2, 0.25) is 0 Å². The van der Waals surface area contributed by atoms with Gasteiger partial charge in [-0.2, -0.15) is 0 Å². The number of benzene rings is 2. The third-order valence-corrected chi connectivity index (χ3v) is 4.46. The van der Waals surface area contributed by atoms with Gasteiger partial charge in [-0.25, -0.2) is 4.79 Å². The van der Waals surface area contributed by atoms with E-state index in [1.165, 1.54) is 21.3 Å². The van der Waals surface area contributed by atoms with Crippen LogP contribution in [0.4, 0.5) is 0 Å². The van der Waals surface area contributed by atoms with Crippen LogP contribution in [0.5, 0.6) is 23.0 Å². The monoisotopic (exact) mass is 417 g/mol. The maximum absolute atomic E-state index is 12.0. The topological polar surface area (TPSA) is 92.3 Å². The molecule has 0 spiro atoms. The smallest absolute Gasteiger partial charge is 0.344 e. The molecule has 30 heavy (non-hydrogen) atoms. The number of carbonyl (C=O) groups is 2. The van der Waals surface area contributed by atoms with Crippen LogP contribution in [0, 0.1) is 13.8 Å². The Morgan fingerprint density at radius 1 is 0.833 bits per heavy atom. The molecule has 8 heteroatoms. The van der Waals surface area contributed by atoms with Gasteiger partial charge in [0.15, 0.2) is 24.7 Å². The number of carbonyl (C=O) groups excluding carboxylic acids is 2. The van der Waals surface area contributed by atoms with Gasteiger partial charge in [-0.05, 0) is 43.2 Å². The van der Waals surface area contributed by atoms with E-state index < -0.39 is 18.5 Å². The van der Waals surface area contributed by atoms with Gasteiger partial charge in [-0.15, -0.1) is 0 Å². The molecule has 0 saturated carbocycles. The molecule has 0 aliphatic carbocycles. The average molecular weight is 417 g/mol. The first-order valence-electron chi connectivity index (χ1n) is 9.29. The average Bonchev–Trinajstić information content (AvgIpc) is 2.76. The number of esters is 1. The molecule has 1 N–H and O–H groups in total. The predicted molar refractivity (Wildman–Crippen MR) is 110 cm³/mol. The molecular weight excluding hydrogens is 390 g/mol. The highest BCUT2D eigenvalue weighted by Crippen LogP contribution is 2.34. The fraction of sp³-hybridized carbons (Fsp3) is 0.364. The van der Waals surface area contributed by atoms with E-state index in [0.29, 0.717) is 28.6 Å². The van der Waals surface area contributed by atoms with Crippen LogP contribution in [0.3, 0.4) is 0 Å². The lowest BCUT2D eigenvalue weighted by Gasteiger charge is -2.14. The van der Waals surface area contributed by atoms with E-state index in [2.05, 4.69) is 5.32 Å². The number of ether oxygens (including phenoxy) is 5. The van der Waals surface area contributed by atoms with Crippen molar-refractivity contribution in [1.82, 2.24) is 5.32 Å². The molecule has 0 bridgehead atoms. The molecule has 0 saturated heterocycles. The normalized spacial score (nSPS) is 10.2. The minimum absolute atomic E-state index is 0.166. The Bertz CT molecular complexity index is 895. The summed E-state index contributed by atoms with van der Waals surface area (Å²) in [5.74, 6) is 1.05. The summed E-state index contributed by atoms with van der Waals surface area (Å²) in [4.78, 5) is 23.9. The van der Waals surface area contributed by atoms with Gasteiger partial charge in [-0.3, -0.25) is 4.79 Å². The molecule has 2 aromatic rings. The third-order valence-electron chi connectivity index (χ3n) is 4.46. The first kappa shape index (κ1) is 22.9. The van der Waals surface area contributed by atoms with Crippen LogP contribution in [0.2, 0.25) is 0 Å². The Hall–Kier alpha value is -3.42. The van der Waals surface area contributed by atoms with Gasteiger partial charge in [0, 0.05) is 18.2 Å². The van der Waals surface area contributed by atoms with Crippen LogP contribution in [-0.2, 0) is 20.9 Å². The van der Waals surface area contributed by atoms with Crippen molar-refractivity contribution in [2.24, 2.45) is 0 Å². The SMILES string of the molecule is COc1cc(OC)c(OC)cc1CNC(=O)COC(=O)COc1ccc(C)c(C)c1. The molecule has 162 valence electrons. The summed E-state index contributed by atoms with van der Waals surface area (Å²) in [5.41, 5.74) is 2.88. The number of hydrogen-bond acceptors (Lipinski definition) is 7. The maximum atomic E-state index is 12.0. The number of rotatable bonds is 10. The Balaban J connectivity index is 1.81. The Morgan fingerprint density at radius 2 is 1.50 bits per heavy atom. The Kier molecular flexibility index (Phi) is 8.34. The number of amides is 1. The largest absolute Gasteiger partial charge is 0.496 e. The molecule has 0 aromatic heterocycles. The lowest BCUT2D eigenvalue weighted by Crippen LogP contribution is -2.29. The van der Waals surface area contributed by atoms with Crippen LogP contribution < -0.4 is 24.3 Å². The second-order valence-electron chi connectivity index (χ2n) is 6.49. The quantitative estimate of drug-likeness (QED) is 0.594. The molecule has 0 radical (unpaired) electrons. The fourth-order valence-corrected chi connectivity index (χ4v) is 2.61. The summed E-state index contributed by atoms with van der Waals surface area (Å²) in [7, 11) is 4.56. The van der Waals surface area contributed by atoms with E-state index in [1.807, 2.05) is 26.0 Å². The number of hydrogen-bond donors (Lipinski definition) is 1. The molecule has 0 aliphatic heterocycles. The summed E-state index contributed by atoms with van der Waals surface area (Å²) in [5, 5.41) is 2.67. The van der Waals surface area contributed by atoms with Crippen LogP contribution in [-0.4, -0.2) is 46.4 Å². The lowest BCUT2D eigenvalue weighted by molar-refractivity contribution is -0.150. The van der Waals surface area contributed by atoms with Crippen molar-refractivity contribution in [3.63, 3.8) is 0 Å². The molecular formula is C22H27NO7. The van der Waals surface area contributed by atoms with Crippen LogP contribution in [0.25, 0.3) is 0 Å². The summed E-state index contributed by atoms with van der Waals surface area (Å²) in [6, 6.07) is 8.91. The second kappa shape index (κ2) is 10.9. The Labute approximate surface area is 176 Å². The van der Waals surface area contributed by atoms with Gasteiger partial charge >= 0.3 is 5.97 Å². The molecule has 0 aliphatic rings. The van der Waals surface area contributed by atoms with Gasteiger partial charge in [0.05, 0.1) is 21.3 Å². The minimum atomic E-state index is -0.632. The molecule has 0 heterocycles. The third kappa shape index (κ3) is 6.30. The first-order chi connectivity index (χ1) is 14.4. The highest BCUT2D eigenvalue weighted by Gasteiger charge is 2.14. The zero-order valence-electron chi connectivity index (χ0n) is 17.9. The van der Waals surface area contributed by atoms with Crippen LogP contribution in [0.15, 0.2) is 30.3 Å². The molecule has 1 amide bonds. The van der Waals surface area contributed by atoms with Crippen molar-refractivity contribution in [1.29, 1.82) is 0 Å². The molecule has 0 fully saturated rings. The van der Waals surface area contributed by atoms with E-state index >= 15 is 0 Å². The van der Waals surface area contributed by atoms with Gasteiger partial charge in [0.1, 0.15) is 11.5 Å². The standard InChI is InChI=1S/C22H27NO7/c1-14-6-7-17(8-15(14)2)29-13-22(25)30-12-21(24)23-11-16-9-19(27-4)20(28-5)10-18(16)26-3/h6-10H,11-13H2,1-5H3,(H,23,24). The zero-order chi connectivity index (χ0) is 22.1. The van der Waals surface area contributed by atoms with E-state index in [9.17, 15) is 9.59 Å². The van der Waals surface area contributed by atoms with Crippen molar-refractivity contribution in [2.75, 3.05) is 34.5 Å². The Morgan fingerprint density at radius 3 is 2.13 bits per heavy atom. The molecule has 0 unspecified atom stereocenters. The summed E-state index contributed by atoms with van der Waals surface area (Å²) in [6.07, 6.45) is 0. The highest BCUT2D eigenvalue weighted by atomic mass is 16.6. The van der Waals surface area contributed by atoms with E-state index in [-0.39, 0.29) is 13.2 Å². The molecule has 2 aromatic carbocycles. The number of methoxy groups -OCH3 is 3. The van der Waals surface area contributed by atoms with E-state index in [0.717, 1.165) is 11.1 Å². The molecule has 8 nitrogen and oxygen atoms in total. The van der Waals surface area contributed by atoms with E-state index in [1.54, 1.807) is 18.2 Å². The number of aryl methyl sites for hydroxylation is 2. The van der Waals surface area contributed by atoms with Crippen molar-refractivity contribution in [3.8, 4) is 23.0 Å². The lowest BCUT2D eigenvalue weighted by atomic mass is 10.1. The van der Waals surface area contributed by atoms with Gasteiger partial charge in [-0.1, -0.05) is 6.07 Å². The summed E-state index contributed by atoms with van der Waals surface area (Å²) >= 11 is 0. The first-order valence-corrected chi connectivity index (χ1v) is 9.29. The second-order valence-corrected chi connectivity index (χ2v) is 6.49. The van der Waals surface area contributed by atoms with E-state index in [4.69, 9.17) is 23.7 Å². The molecule has 2 rings (SSSR count). The van der Waals surface area contributed by atoms with Gasteiger partial charge in [0.25, 0.3) is 5.91 Å². The highest BCUT2D eigenvalue weighted by molar-refractivity contribution is 5.81. The summed E-state index contributed by atoms with van der Waals surface area (Å²) in [6.45, 7) is 3.42. The fourth-order valence-electron chi connectivity index (χ4n) is 2.61. The molecule has 0 atom stereocenters. The number of nitrogens with one attached hydrogen (secondary N) is 1. The predicted octanol–water partition coefficient (Wildman–Crippen LogP) is 2.57. The zero-order valence-corrected chi connectivity index (χ0v) is 17.9. The van der Waals surface area contributed by atoms with Crippen LogP contribution >= 0.6 is 0 Å². The summed E-state index contributed by atoms with van der Waals surface area (Å²) < 4.78 is 26.2.